The summed E-state index contributed by atoms with van der Waals surface area (Å²) in [4.78, 5) is 36.9. The number of benzene rings is 3. The number of hydrogen-bond acceptors (Lipinski definition) is 4. The van der Waals surface area contributed by atoms with Crippen molar-refractivity contribution in [3.05, 3.63) is 100 Å². The molecule has 170 valence electrons. The smallest absolute Gasteiger partial charge is 0.273 e. The number of primary amides is 1. The number of para-hydroxylation sites is 2. The van der Waals surface area contributed by atoms with Crippen LogP contribution in [0.5, 0.6) is 0 Å². The van der Waals surface area contributed by atoms with Crippen molar-refractivity contribution >= 4 is 56.5 Å². The first-order chi connectivity index (χ1) is 16.4. The Balaban J connectivity index is 1.52. The molecule has 3 aromatic carbocycles. The number of aromatic nitrogens is 1. The second kappa shape index (κ2) is 10.1. The number of amides is 3. The summed E-state index contributed by atoms with van der Waals surface area (Å²) in [7, 11) is 0. The van der Waals surface area contributed by atoms with Crippen LogP contribution >= 0.6 is 15.9 Å². The molecule has 0 saturated carbocycles. The fraction of sp³-hybridized carbons (Fsp3) is 0.0400. The van der Waals surface area contributed by atoms with Crippen LogP contribution in [0.2, 0.25) is 0 Å². The van der Waals surface area contributed by atoms with Crippen LogP contribution in [-0.4, -0.2) is 28.5 Å². The Hall–Kier alpha value is -4.24. The summed E-state index contributed by atoms with van der Waals surface area (Å²) in [5.41, 5.74) is 10.4. The number of nitrogens with zero attached hydrogens (tertiary/aromatic N) is 2. The zero-order chi connectivity index (χ0) is 24.1. The topological polar surface area (TPSA) is 119 Å². The van der Waals surface area contributed by atoms with Gasteiger partial charge in [-0.2, -0.15) is 5.10 Å². The molecule has 0 unspecified atom stereocenters. The van der Waals surface area contributed by atoms with E-state index in [-0.39, 0.29) is 18.0 Å². The molecule has 0 aliphatic rings. The molecule has 4 N–H and O–H groups in total. The van der Waals surface area contributed by atoms with Gasteiger partial charge in [-0.15, -0.1) is 0 Å². The first-order valence-corrected chi connectivity index (χ1v) is 11.1. The zero-order valence-electron chi connectivity index (χ0n) is 17.9. The number of nitrogens with one attached hydrogen (secondary N) is 2. The van der Waals surface area contributed by atoms with Gasteiger partial charge in [0.05, 0.1) is 23.0 Å². The lowest BCUT2D eigenvalue weighted by molar-refractivity contribution is -0.118. The molecule has 8 nitrogen and oxygen atoms in total. The van der Waals surface area contributed by atoms with Crippen LogP contribution in [-0.2, 0) is 11.3 Å². The average Bonchev–Trinajstić information content (AvgIpc) is 3.16. The van der Waals surface area contributed by atoms with Crippen molar-refractivity contribution in [1.82, 2.24) is 9.99 Å². The van der Waals surface area contributed by atoms with E-state index in [9.17, 15) is 14.4 Å². The van der Waals surface area contributed by atoms with Crippen LogP contribution in [0.4, 0.5) is 5.69 Å². The lowest BCUT2D eigenvalue weighted by Gasteiger charge is -2.10. The highest BCUT2D eigenvalue weighted by molar-refractivity contribution is 9.10. The van der Waals surface area contributed by atoms with Gasteiger partial charge in [-0.25, -0.2) is 5.43 Å². The molecule has 1 aromatic heterocycles. The highest BCUT2D eigenvalue weighted by Crippen LogP contribution is 2.21. The Bertz CT molecular complexity index is 1430. The summed E-state index contributed by atoms with van der Waals surface area (Å²) in [5.74, 6) is -1.29. The number of fused-ring (bicyclic) bond motifs is 1. The summed E-state index contributed by atoms with van der Waals surface area (Å²) in [6.07, 6.45) is 3.25. The van der Waals surface area contributed by atoms with Crippen molar-refractivity contribution in [3.8, 4) is 0 Å². The summed E-state index contributed by atoms with van der Waals surface area (Å²) in [5, 5.41) is 7.72. The van der Waals surface area contributed by atoms with Gasteiger partial charge in [-0.05, 0) is 46.3 Å². The Kier molecular flexibility index (Phi) is 6.84. The van der Waals surface area contributed by atoms with Gasteiger partial charge in [-0.1, -0.05) is 42.5 Å². The monoisotopic (exact) mass is 517 g/mol. The SMILES string of the molecule is NC(=O)Cn1cc(C=NNC(=O)c2ccccc2NC(=O)c2ccccc2Br)c2ccccc21. The van der Waals surface area contributed by atoms with Gasteiger partial charge in [-0.3, -0.25) is 14.4 Å². The summed E-state index contributed by atoms with van der Waals surface area (Å²) >= 11 is 3.36. The van der Waals surface area contributed by atoms with E-state index in [4.69, 9.17) is 5.73 Å². The standard InChI is InChI=1S/C25H20BrN5O3/c26-20-10-4-1-8-18(20)24(33)29-21-11-5-2-9-19(21)25(34)30-28-13-16-14-31(15-23(27)32)22-12-6-3-7-17(16)22/h1-14H,15H2,(H2,27,32)(H,29,33)(H,30,34). The maximum absolute atomic E-state index is 12.8. The normalized spacial score (nSPS) is 11.0. The van der Waals surface area contributed by atoms with Crippen LogP contribution in [0.3, 0.4) is 0 Å². The van der Waals surface area contributed by atoms with Crippen LogP contribution in [0, 0.1) is 0 Å². The number of halogens is 1. The number of carbonyl (C=O) groups excluding carboxylic acids is 3. The van der Waals surface area contributed by atoms with Crippen LogP contribution in [0.15, 0.2) is 88.6 Å². The van der Waals surface area contributed by atoms with Crippen LogP contribution in [0.25, 0.3) is 10.9 Å². The molecular weight excluding hydrogens is 498 g/mol. The second-order valence-corrected chi connectivity index (χ2v) is 8.23. The molecule has 34 heavy (non-hydrogen) atoms. The van der Waals surface area contributed by atoms with E-state index in [1.54, 1.807) is 53.2 Å². The minimum absolute atomic E-state index is 0.0331. The van der Waals surface area contributed by atoms with Crippen molar-refractivity contribution in [2.24, 2.45) is 10.8 Å². The van der Waals surface area contributed by atoms with E-state index < -0.39 is 11.8 Å². The Labute approximate surface area is 203 Å². The highest BCUT2D eigenvalue weighted by Gasteiger charge is 2.15. The van der Waals surface area contributed by atoms with Gasteiger partial charge >= 0.3 is 0 Å². The van der Waals surface area contributed by atoms with E-state index >= 15 is 0 Å². The largest absolute Gasteiger partial charge is 0.368 e. The Morgan fingerprint density at radius 1 is 0.912 bits per heavy atom. The number of hydrogen-bond donors (Lipinski definition) is 3. The van der Waals surface area contributed by atoms with E-state index in [2.05, 4.69) is 31.8 Å². The summed E-state index contributed by atoms with van der Waals surface area (Å²) in [6.45, 7) is 0.0331. The fourth-order valence-electron chi connectivity index (χ4n) is 3.52. The van der Waals surface area contributed by atoms with Gasteiger partial charge in [0.25, 0.3) is 11.8 Å². The van der Waals surface area contributed by atoms with E-state index in [1.165, 1.54) is 6.21 Å². The predicted octanol–water partition coefficient (Wildman–Crippen LogP) is 3.91. The zero-order valence-corrected chi connectivity index (χ0v) is 19.5. The van der Waals surface area contributed by atoms with Gasteiger partial charge in [0.1, 0.15) is 6.54 Å². The maximum Gasteiger partial charge on any atom is 0.273 e. The van der Waals surface area contributed by atoms with Gasteiger partial charge < -0.3 is 15.6 Å². The Morgan fingerprint density at radius 3 is 2.35 bits per heavy atom. The molecule has 0 aliphatic carbocycles. The van der Waals surface area contributed by atoms with Crippen molar-refractivity contribution in [2.45, 2.75) is 6.54 Å². The van der Waals surface area contributed by atoms with Gasteiger partial charge in [0.15, 0.2) is 0 Å². The first-order valence-electron chi connectivity index (χ1n) is 10.3. The fourth-order valence-corrected chi connectivity index (χ4v) is 3.99. The Morgan fingerprint density at radius 2 is 1.59 bits per heavy atom. The molecule has 0 radical (unpaired) electrons. The van der Waals surface area contributed by atoms with Crippen molar-refractivity contribution in [1.29, 1.82) is 0 Å². The molecule has 0 bridgehead atoms. The molecule has 0 saturated heterocycles. The number of rotatable bonds is 7. The second-order valence-electron chi connectivity index (χ2n) is 7.37. The summed E-state index contributed by atoms with van der Waals surface area (Å²) < 4.78 is 2.38. The minimum atomic E-state index is -0.486. The predicted molar refractivity (Wildman–Crippen MR) is 135 cm³/mol. The maximum atomic E-state index is 12.8. The van der Waals surface area contributed by atoms with Crippen molar-refractivity contribution < 1.29 is 14.4 Å². The van der Waals surface area contributed by atoms with Gasteiger partial charge in [0.2, 0.25) is 5.91 Å². The van der Waals surface area contributed by atoms with Crippen LogP contribution < -0.4 is 16.5 Å². The highest BCUT2D eigenvalue weighted by atomic mass is 79.9. The van der Waals surface area contributed by atoms with E-state index in [0.717, 1.165) is 10.9 Å². The molecule has 3 amide bonds. The average molecular weight is 518 g/mol. The quantitative estimate of drug-likeness (QED) is 0.254. The number of carbonyl (C=O) groups is 3. The van der Waals surface area contributed by atoms with E-state index in [1.807, 2.05) is 30.3 Å². The summed E-state index contributed by atoms with van der Waals surface area (Å²) in [6, 6.07) is 21.2. The molecule has 0 atom stereocenters. The molecule has 4 aromatic rings. The molecule has 4 rings (SSSR count). The van der Waals surface area contributed by atoms with Crippen molar-refractivity contribution in [2.75, 3.05) is 5.32 Å². The molecule has 0 fully saturated rings. The number of nitrogens with two attached hydrogens (primary N) is 1. The lowest BCUT2D eigenvalue weighted by Crippen LogP contribution is -2.21. The van der Waals surface area contributed by atoms with Crippen LogP contribution in [0.1, 0.15) is 26.3 Å². The lowest BCUT2D eigenvalue weighted by atomic mass is 10.1. The number of anilines is 1. The minimum Gasteiger partial charge on any atom is -0.368 e. The van der Waals surface area contributed by atoms with Crippen molar-refractivity contribution in [3.63, 3.8) is 0 Å². The molecule has 0 aliphatic heterocycles. The molecule has 1 heterocycles. The van der Waals surface area contributed by atoms with E-state index in [0.29, 0.717) is 21.3 Å². The molecular formula is C25H20BrN5O3. The van der Waals surface area contributed by atoms with Gasteiger partial charge in [0, 0.05) is 27.1 Å². The third-order valence-electron chi connectivity index (χ3n) is 5.05. The molecule has 9 heteroatoms. The third kappa shape index (κ3) is 5.05. The number of hydrazone groups is 1. The first kappa shape index (κ1) is 22.9. The molecule has 0 spiro atoms. The third-order valence-corrected chi connectivity index (χ3v) is 5.75.